The Hall–Kier alpha value is -1.87. The smallest absolute Gasteiger partial charge is 0.444 e. The summed E-state index contributed by atoms with van der Waals surface area (Å²) in [5.41, 5.74) is -0.531. The normalized spacial score (nSPS) is 22.5. The zero-order valence-electron chi connectivity index (χ0n) is 21.8. The lowest BCUT2D eigenvalue weighted by atomic mass is 9.81. The zero-order chi connectivity index (χ0) is 24.6. The van der Waals surface area contributed by atoms with Crippen LogP contribution in [0.5, 0.6) is 0 Å². The number of rotatable bonds is 5. The Morgan fingerprint density at radius 1 is 1.18 bits per heavy atom. The molecule has 2 saturated heterocycles. The van der Waals surface area contributed by atoms with Gasteiger partial charge in [-0.15, -0.1) is 0 Å². The Bertz CT molecular complexity index is 807. The Morgan fingerprint density at radius 3 is 2.27 bits per heavy atom. The van der Waals surface area contributed by atoms with E-state index in [0.717, 1.165) is 24.7 Å². The number of nitrogens with zero attached hydrogens (tertiary/aromatic N) is 4. The van der Waals surface area contributed by atoms with Gasteiger partial charge in [0.2, 0.25) is 5.95 Å². The van der Waals surface area contributed by atoms with E-state index in [-0.39, 0.29) is 18.2 Å². The van der Waals surface area contributed by atoms with Crippen LogP contribution in [0.4, 0.5) is 10.7 Å². The first-order chi connectivity index (χ1) is 15.2. The third kappa shape index (κ3) is 5.98. The van der Waals surface area contributed by atoms with Gasteiger partial charge in [-0.05, 0) is 81.6 Å². The van der Waals surface area contributed by atoms with Crippen LogP contribution >= 0.6 is 0 Å². The van der Waals surface area contributed by atoms with Gasteiger partial charge in [0.15, 0.2) is 0 Å². The van der Waals surface area contributed by atoms with Gasteiger partial charge in [0.25, 0.3) is 0 Å². The molecule has 1 aromatic rings. The molecule has 1 aromatic heterocycles. The summed E-state index contributed by atoms with van der Waals surface area (Å²) >= 11 is 0. The Kier molecular flexibility index (Phi) is 7.34. The molecule has 1 atom stereocenters. The largest absolute Gasteiger partial charge is 0.498 e. The highest BCUT2D eigenvalue weighted by Gasteiger charge is 2.52. The lowest BCUT2D eigenvalue weighted by molar-refractivity contribution is 0.00578. The van der Waals surface area contributed by atoms with Crippen LogP contribution in [0.2, 0.25) is 0 Å². The van der Waals surface area contributed by atoms with Crippen LogP contribution in [-0.4, -0.2) is 70.1 Å². The van der Waals surface area contributed by atoms with Gasteiger partial charge in [-0.1, -0.05) is 0 Å². The van der Waals surface area contributed by atoms with E-state index in [1.165, 1.54) is 0 Å². The molecule has 0 N–H and O–H groups in total. The minimum atomic E-state index is -0.511. The first kappa shape index (κ1) is 25.8. The van der Waals surface area contributed by atoms with Crippen molar-refractivity contribution < 1.29 is 18.8 Å². The third-order valence-corrected chi connectivity index (χ3v) is 6.73. The second-order valence-electron chi connectivity index (χ2n) is 11.5. The molecule has 0 bridgehead atoms. The molecule has 1 amide bonds. The monoisotopic (exact) mass is 460 g/mol. The van der Waals surface area contributed by atoms with Crippen molar-refractivity contribution in [3.63, 3.8) is 0 Å². The standard InChI is InChI=1S/C24H41BN4O4/c1-17(2)29(16-19-12-10-11-13-28(19)21(30)31-22(3,4)5)20-26-14-18(15-27-20)25-32-23(6,7)24(8,9)33-25/h14-15,17,19H,10-13,16H2,1-9H3/t19-/m0/s1. The van der Waals surface area contributed by atoms with Crippen molar-refractivity contribution in [2.24, 2.45) is 0 Å². The van der Waals surface area contributed by atoms with Gasteiger partial charge in [0.1, 0.15) is 5.60 Å². The van der Waals surface area contributed by atoms with E-state index in [4.69, 9.17) is 14.0 Å². The Morgan fingerprint density at radius 2 is 1.76 bits per heavy atom. The van der Waals surface area contributed by atoms with E-state index in [2.05, 4.69) is 28.7 Å². The molecule has 2 fully saturated rings. The molecule has 2 aliphatic heterocycles. The number of aromatic nitrogens is 2. The van der Waals surface area contributed by atoms with E-state index in [0.29, 0.717) is 19.0 Å². The van der Waals surface area contributed by atoms with Crippen molar-refractivity contribution in [3.05, 3.63) is 12.4 Å². The van der Waals surface area contributed by atoms with Crippen LogP contribution in [0.1, 0.15) is 81.6 Å². The maximum atomic E-state index is 12.8. The average molecular weight is 460 g/mol. The summed E-state index contributed by atoms with van der Waals surface area (Å²) in [6.45, 7) is 19.4. The van der Waals surface area contributed by atoms with Gasteiger partial charge in [-0.2, -0.15) is 0 Å². The number of hydrogen-bond acceptors (Lipinski definition) is 7. The fraction of sp³-hybridized carbons (Fsp3) is 0.792. The summed E-state index contributed by atoms with van der Waals surface area (Å²) < 4.78 is 17.9. The number of piperidine rings is 1. The van der Waals surface area contributed by atoms with E-state index < -0.39 is 23.9 Å². The van der Waals surface area contributed by atoms with Crippen molar-refractivity contribution in [2.75, 3.05) is 18.0 Å². The highest BCUT2D eigenvalue weighted by Crippen LogP contribution is 2.36. The molecule has 0 aliphatic carbocycles. The molecule has 0 saturated carbocycles. The summed E-state index contributed by atoms with van der Waals surface area (Å²) in [4.78, 5) is 26.2. The fourth-order valence-electron chi connectivity index (χ4n) is 4.08. The molecule has 3 heterocycles. The highest BCUT2D eigenvalue weighted by molar-refractivity contribution is 6.61. The summed E-state index contributed by atoms with van der Waals surface area (Å²) in [6, 6.07) is 0.234. The number of ether oxygens (including phenoxy) is 1. The van der Waals surface area contributed by atoms with E-state index in [9.17, 15) is 4.79 Å². The second-order valence-corrected chi connectivity index (χ2v) is 11.5. The van der Waals surface area contributed by atoms with Crippen molar-refractivity contribution in [2.45, 2.75) is 110 Å². The Balaban J connectivity index is 1.74. The van der Waals surface area contributed by atoms with E-state index in [1.807, 2.05) is 53.4 Å². The van der Waals surface area contributed by atoms with Crippen molar-refractivity contribution in [1.82, 2.24) is 14.9 Å². The topological polar surface area (TPSA) is 77.0 Å². The van der Waals surface area contributed by atoms with Gasteiger partial charge in [-0.3, -0.25) is 0 Å². The van der Waals surface area contributed by atoms with Crippen LogP contribution in [-0.2, 0) is 14.0 Å². The van der Waals surface area contributed by atoms with Crippen LogP contribution in [0.15, 0.2) is 12.4 Å². The third-order valence-electron chi connectivity index (χ3n) is 6.73. The van der Waals surface area contributed by atoms with Crippen LogP contribution in [0, 0.1) is 0 Å². The quantitative estimate of drug-likeness (QED) is 0.619. The number of anilines is 1. The first-order valence-electron chi connectivity index (χ1n) is 12.1. The molecule has 0 radical (unpaired) electrons. The van der Waals surface area contributed by atoms with Crippen LogP contribution in [0.25, 0.3) is 0 Å². The van der Waals surface area contributed by atoms with Crippen molar-refractivity contribution >= 4 is 24.6 Å². The number of carbonyl (C=O) groups excluding carboxylic acids is 1. The van der Waals surface area contributed by atoms with Crippen molar-refractivity contribution in [3.8, 4) is 0 Å². The minimum Gasteiger partial charge on any atom is -0.444 e. The molecule has 0 spiro atoms. The van der Waals surface area contributed by atoms with Gasteiger partial charge < -0.3 is 23.8 Å². The SMILES string of the molecule is CC(C)N(C[C@@H]1CCCCN1C(=O)OC(C)(C)C)c1ncc(B2OC(C)(C)C(C)(C)O2)cn1. The van der Waals surface area contributed by atoms with Gasteiger partial charge in [-0.25, -0.2) is 14.8 Å². The van der Waals surface area contributed by atoms with E-state index >= 15 is 0 Å². The molecule has 8 nitrogen and oxygen atoms in total. The summed E-state index contributed by atoms with van der Waals surface area (Å²) in [5, 5.41) is 0. The van der Waals surface area contributed by atoms with E-state index in [1.54, 1.807) is 12.4 Å². The van der Waals surface area contributed by atoms with Gasteiger partial charge in [0, 0.05) is 37.0 Å². The minimum absolute atomic E-state index is 0.0578. The summed E-state index contributed by atoms with van der Waals surface area (Å²) in [6.07, 6.45) is 6.36. The van der Waals surface area contributed by atoms with Crippen LogP contribution < -0.4 is 10.4 Å². The van der Waals surface area contributed by atoms with Crippen LogP contribution in [0.3, 0.4) is 0 Å². The Labute approximate surface area is 199 Å². The molecule has 3 rings (SSSR count). The molecule has 33 heavy (non-hydrogen) atoms. The molecular weight excluding hydrogens is 419 g/mol. The molecule has 184 valence electrons. The summed E-state index contributed by atoms with van der Waals surface area (Å²) in [7, 11) is -0.488. The predicted molar refractivity (Wildman–Crippen MR) is 131 cm³/mol. The second kappa shape index (κ2) is 9.41. The van der Waals surface area contributed by atoms with Crippen molar-refractivity contribution in [1.29, 1.82) is 0 Å². The number of carbonyl (C=O) groups is 1. The lowest BCUT2D eigenvalue weighted by Crippen LogP contribution is -2.52. The predicted octanol–water partition coefficient (Wildman–Crippen LogP) is 3.78. The fourth-order valence-corrected chi connectivity index (χ4v) is 4.08. The first-order valence-corrected chi connectivity index (χ1v) is 12.1. The number of hydrogen-bond donors (Lipinski definition) is 0. The molecule has 9 heteroatoms. The molecule has 2 aliphatic rings. The number of amides is 1. The molecule has 0 aromatic carbocycles. The maximum absolute atomic E-state index is 12.8. The van der Waals surface area contributed by atoms with Gasteiger partial charge in [0.05, 0.1) is 17.2 Å². The highest BCUT2D eigenvalue weighted by atomic mass is 16.7. The summed E-state index contributed by atoms with van der Waals surface area (Å²) in [5.74, 6) is 0.639. The lowest BCUT2D eigenvalue weighted by Gasteiger charge is -2.40. The number of likely N-dealkylation sites (tertiary alicyclic amines) is 1. The molecule has 0 unspecified atom stereocenters. The van der Waals surface area contributed by atoms with Gasteiger partial charge >= 0.3 is 13.2 Å². The zero-order valence-corrected chi connectivity index (χ0v) is 21.8. The average Bonchev–Trinajstić information content (AvgIpc) is 2.92. The molecular formula is C24H41BN4O4. The maximum Gasteiger partial charge on any atom is 0.498 e.